The summed E-state index contributed by atoms with van der Waals surface area (Å²) in [5, 5.41) is 5.91. The quantitative estimate of drug-likeness (QED) is 0.251. The van der Waals surface area contributed by atoms with Crippen LogP contribution in [0, 0.1) is 6.92 Å². The van der Waals surface area contributed by atoms with E-state index >= 15 is 0 Å². The molecular formula is C33H32N2O5. The minimum absolute atomic E-state index is 0.0338. The van der Waals surface area contributed by atoms with Crippen LogP contribution < -0.4 is 20.1 Å². The van der Waals surface area contributed by atoms with Gasteiger partial charge in [-0.2, -0.15) is 0 Å². The Kier molecular flexibility index (Phi) is 8.01. The topological polar surface area (TPSA) is 85.9 Å². The minimum atomic E-state index is -0.509. The molecular weight excluding hydrogens is 504 g/mol. The zero-order valence-electron chi connectivity index (χ0n) is 22.8. The molecule has 2 N–H and O–H groups in total. The Morgan fingerprint density at radius 2 is 1.68 bits per heavy atom. The largest absolute Gasteiger partial charge is 0.496 e. The second-order valence-electron chi connectivity index (χ2n) is 9.72. The monoisotopic (exact) mass is 536 g/mol. The fourth-order valence-corrected chi connectivity index (χ4v) is 5.14. The van der Waals surface area contributed by atoms with E-state index < -0.39 is 12.0 Å². The Bertz CT molecular complexity index is 1520. The van der Waals surface area contributed by atoms with Crippen molar-refractivity contribution in [3.8, 4) is 22.6 Å². The third-order valence-electron chi connectivity index (χ3n) is 7.08. The average Bonchev–Trinajstić information content (AvgIpc) is 3.20. The van der Waals surface area contributed by atoms with Crippen LogP contribution in [-0.2, 0) is 4.74 Å². The van der Waals surface area contributed by atoms with Gasteiger partial charge in [-0.3, -0.25) is 0 Å². The Morgan fingerprint density at radius 1 is 0.900 bits per heavy atom. The number of benzene rings is 4. The van der Waals surface area contributed by atoms with Crippen molar-refractivity contribution >= 4 is 23.4 Å². The number of carbonyl (C=O) groups is 2. The van der Waals surface area contributed by atoms with Crippen LogP contribution in [0.4, 0.5) is 16.2 Å². The highest BCUT2D eigenvalue weighted by Crippen LogP contribution is 2.45. The number of amides is 2. The number of fused-ring (bicyclic) bond motifs is 1. The third kappa shape index (κ3) is 5.64. The summed E-state index contributed by atoms with van der Waals surface area (Å²) in [6.45, 7) is 2.52. The molecule has 204 valence electrons. The normalized spacial score (nSPS) is 14.2. The maximum Gasteiger partial charge on any atom is 0.342 e. The number of aryl methyl sites for hydroxylation is 1. The molecule has 7 nitrogen and oxygen atoms in total. The van der Waals surface area contributed by atoms with Crippen molar-refractivity contribution in [2.45, 2.75) is 25.7 Å². The number of hydrogen-bond donors (Lipinski definition) is 2. The highest BCUT2D eigenvalue weighted by molar-refractivity contribution is 6.03. The number of ether oxygens (including phenoxy) is 3. The molecule has 40 heavy (non-hydrogen) atoms. The lowest BCUT2D eigenvalue weighted by Crippen LogP contribution is -2.20. The van der Waals surface area contributed by atoms with E-state index in [-0.39, 0.29) is 5.92 Å². The lowest BCUT2D eigenvalue weighted by Gasteiger charge is -2.22. The van der Waals surface area contributed by atoms with Crippen LogP contribution in [0.2, 0.25) is 0 Å². The summed E-state index contributed by atoms with van der Waals surface area (Å²) in [4.78, 5) is 26.1. The first-order valence-electron chi connectivity index (χ1n) is 13.2. The number of hydrogen-bond acceptors (Lipinski definition) is 5. The molecule has 0 spiro atoms. The number of urea groups is 1. The van der Waals surface area contributed by atoms with Crippen LogP contribution in [0.25, 0.3) is 11.1 Å². The fourth-order valence-electron chi connectivity index (χ4n) is 5.14. The molecule has 0 fully saturated rings. The van der Waals surface area contributed by atoms with E-state index in [1.807, 2.05) is 73.7 Å². The van der Waals surface area contributed by atoms with Crippen molar-refractivity contribution in [2.24, 2.45) is 0 Å². The molecule has 0 saturated carbocycles. The number of carbonyl (C=O) groups excluding carboxylic acids is 2. The van der Waals surface area contributed by atoms with Crippen LogP contribution in [0.5, 0.6) is 11.5 Å². The van der Waals surface area contributed by atoms with Crippen molar-refractivity contribution in [1.82, 2.24) is 0 Å². The standard InChI is InChI=1S/C33H32N2O5/c1-21-14-16-24(17-15-21)34-33(37)35-28-20-23(26-11-7-13-29(38-2)30(26)32(36)39-3)19-27-25(12-8-18-40-31(27)28)22-9-5-4-6-10-22/h4-7,9-11,13-17,19-20,25H,8,12,18H2,1-3H3,(H2,34,35,37). The molecule has 4 aromatic rings. The van der Waals surface area contributed by atoms with Gasteiger partial charge < -0.3 is 24.8 Å². The van der Waals surface area contributed by atoms with Crippen molar-refractivity contribution in [3.63, 3.8) is 0 Å². The third-order valence-corrected chi connectivity index (χ3v) is 7.08. The first-order chi connectivity index (χ1) is 19.5. The van der Waals surface area contributed by atoms with Gasteiger partial charge in [-0.05, 0) is 61.2 Å². The van der Waals surface area contributed by atoms with Crippen molar-refractivity contribution < 1.29 is 23.8 Å². The van der Waals surface area contributed by atoms with E-state index in [9.17, 15) is 9.59 Å². The Balaban J connectivity index is 1.66. The molecule has 0 radical (unpaired) electrons. The summed E-state index contributed by atoms with van der Waals surface area (Å²) in [5.41, 5.74) is 6.05. The first kappa shape index (κ1) is 26.8. The average molecular weight is 537 g/mol. The molecule has 5 rings (SSSR count). The van der Waals surface area contributed by atoms with Gasteiger partial charge in [0, 0.05) is 22.7 Å². The maximum atomic E-state index is 13.2. The van der Waals surface area contributed by atoms with Gasteiger partial charge in [-0.15, -0.1) is 0 Å². The van der Waals surface area contributed by atoms with Crippen LogP contribution in [-0.4, -0.2) is 32.8 Å². The predicted octanol–water partition coefficient (Wildman–Crippen LogP) is 7.41. The molecule has 1 heterocycles. The van der Waals surface area contributed by atoms with E-state index in [4.69, 9.17) is 14.2 Å². The smallest absolute Gasteiger partial charge is 0.342 e. The van der Waals surface area contributed by atoms with Gasteiger partial charge >= 0.3 is 12.0 Å². The maximum absolute atomic E-state index is 13.2. The molecule has 1 atom stereocenters. The molecule has 7 heteroatoms. The molecule has 0 aliphatic carbocycles. The van der Waals surface area contributed by atoms with Gasteiger partial charge in [0.2, 0.25) is 0 Å². The summed E-state index contributed by atoms with van der Waals surface area (Å²) in [5.74, 6) is 0.551. The van der Waals surface area contributed by atoms with Crippen molar-refractivity contribution in [1.29, 1.82) is 0 Å². The van der Waals surface area contributed by atoms with Gasteiger partial charge in [-0.1, -0.05) is 60.2 Å². The molecule has 1 aliphatic heterocycles. The number of nitrogens with one attached hydrogen (secondary N) is 2. The zero-order chi connectivity index (χ0) is 28.1. The number of methoxy groups -OCH3 is 2. The van der Waals surface area contributed by atoms with E-state index in [1.54, 1.807) is 6.07 Å². The van der Waals surface area contributed by atoms with E-state index in [0.717, 1.165) is 35.1 Å². The highest BCUT2D eigenvalue weighted by atomic mass is 16.5. The fraction of sp³-hybridized carbons (Fsp3) is 0.212. The van der Waals surface area contributed by atoms with Gasteiger partial charge in [0.15, 0.2) is 0 Å². The van der Waals surface area contributed by atoms with Crippen LogP contribution in [0.1, 0.15) is 45.8 Å². The Morgan fingerprint density at radius 3 is 2.40 bits per heavy atom. The van der Waals surface area contributed by atoms with Gasteiger partial charge in [0.1, 0.15) is 17.1 Å². The molecule has 1 aliphatic rings. The minimum Gasteiger partial charge on any atom is -0.496 e. The number of esters is 1. The van der Waals surface area contributed by atoms with Gasteiger partial charge in [0.25, 0.3) is 0 Å². The van der Waals surface area contributed by atoms with E-state index in [2.05, 4.69) is 22.8 Å². The van der Waals surface area contributed by atoms with E-state index in [0.29, 0.717) is 40.6 Å². The molecule has 0 bridgehead atoms. The second kappa shape index (κ2) is 11.9. The summed E-state index contributed by atoms with van der Waals surface area (Å²) < 4.78 is 16.9. The van der Waals surface area contributed by atoms with Crippen LogP contribution in [0.3, 0.4) is 0 Å². The van der Waals surface area contributed by atoms with Gasteiger partial charge in [0.05, 0.1) is 26.5 Å². The Hall–Kier alpha value is -4.78. The summed E-state index contributed by atoms with van der Waals surface area (Å²) in [6.07, 6.45) is 1.72. The second-order valence-corrected chi connectivity index (χ2v) is 9.72. The van der Waals surface area contributed by atoms with Crippen LogP contribution in [0.15, 0.2) is 84.9 Å². The zero-order valence-corrected chi connectivity index (χ0v) is 22.8. The summed E-state index contributed by atoms with van der Waals surface area (Å²) in [7, 11) is 2.86. The molecule has 4 aromatic carbocycles. The number of rotatable bonds is 6. The van der Waals surface area contributed by atoms with E-state index in [1.165, 1.54) is 14.2 Å². The Labute approximate surface area is 234 Å². The molecule has 2 amide bonds. The predicted molar refractivity (Wildman–Crippen MR) is 157 cm³/mol. The summed E-state index contributed by atoms with van der Waals surface area (Å²) >= 11 is 0. The molecule has 0 saturated heterocycles. The first-order valence-corrected chi connectivity index (χ1v) is 13.2. The molecule has 0 aromatic heterocycles. The number of anilines is 2. The SMILES string of the molecule is COC(=O)c1c(OC)cccc1-c1cc(NC(=O)Nc2ccc(C)cc2)c2c(c1)C(c1ccccc1)CCCO2. The lowest BCUT2D eigenvalue weighted by atomic mass is 9.85. The van der Waals surface area contributed by atoms with Crippen molar-refractivity contribution in [3.05, 3.63) is 107 Å². The molecule has 1 unspecified atom stereocenters. The van der Waals surface area contributed by atoms with Crippen LogP contribution >= 0.6 is 0 Å². The van der Waals surface area contributed by atoms with Crippen molar-refractivity contribution in [2.75, 3.05) is 31.5 Å². The summed E-state index contributed by atoms with van der Waals surface area (Å²) in [6, 6.07) is 26.7. The highest BCUT2D eigenvalue weighted by Gasteiger charge is 2.27. The van der Waals surface area contributed by atoms with Gasteiger partial charge in [-0.25, -0.2) is 9.59 Å². The lowest BCUT2D eigenvalue weighted by molar-refractivity contribution is 0.0598.